The normalized spacial score (nSPS) is 16.1. The molecule has 1 aliphatic rings. The maximum absolute atomic E-state index is 12.4. The molecule has 3 N–H and O–H groups in total. The Morgan fingerprint density at radius 1 is 1.45 bits per heavy atom. The van der Waals surface area contributed by atoms with Crippen molar-refractivity contribution in [2.24, 2.45) is 0 Å². The fourth-order valence-electron chi connectivity index (χ4n) is 2.31. The molecule has 1 aliphatic carbocycles. The number of nitrogens with one attached hydrogen (secondary N) is 1. The van der Waals surface area contributed by atoms with Crippen molar-refractivity contribution >= 4 is 34.4 Å². The molecule has 0 atom stereocenters. The minimum Gasteiger partial charge on any atom is -0.384 e. The zero-order chi connectivity index (χ0) is 14.2. The molecule has 20 heavy (non-hydrogen) atoms. The number of carbonyl (C=O) groups is 1. The molecule has 1 fully saturated rings. The van der Waals surface area contributed by atoms with Crippen LogP contribution in [0.15, 0.2) is 30.3 Å². The Labute approximate surface area is 122 Å². The van der Waals surface area contributed by atoms with Gasteiger partial charge in [0, 0.05) is 16.7 Å². The number of benzene rings is 1. The van der Waals surface area contributed by atoms with Crippen molar-refractivity contribution in [1.29, 1.82) is 0 Å². The highest BCUT2D eigenvalue weighted by atomic mass is 32.2. The third-order valence-corrected chi connectivity index (χ3v) is 5.21. The Kier molecular flexibility index (Phi) is 3.30. The van der Waals surface area contributed by atoms with Crippen molar-refractivity contribution in [3.05, 3.63) is 35.9 Å². The van der Waals surface area contributed by atoms with E-state index in [4.69, 9.17) is 5.73 Å². The first-order valence-electron chi connectivity index (χ1n) is 6.62. The first kappa shape index (κ1) is 13.2. The molecule has 1 heterocycles. The fraction of sp³-hybridized carbons (Fsp3) is 0.333. The summed E-state index contributed by atoms with van der Waals surface area (Å²) in [6.07, 6.45) is 4.44. The van der Waals surface area contributed by atoms with E-state index < -0.39 is 0 Å². The Balaban J connectivity index is 1.87. The molecule has 0 spiro atoms. The van der Waals surface area contributed by atoms with Crippen molar-refractivity contribution in [1.82, 2.24) is 10.3 Å². The van der Waals surface area contributed by atoms with Gasteiger partial charge in [-0.15, -0.1) is 0 Å². The third kappa shape index (κ3) is 2.45. The van der Waals surface area contributed by atoms with Crippen LogP contribution in [0.2, 0.25) is 0 Å². The van der Waals surface area contributed by atoms with Gasteiger partial charge in [0.25, 0.3) is 5.91 Å². The highest BCUT2D eigenvalue weighted by molar-refractivity contribution is 8.00. The molecule has 1 amide bonds. The lowest BCUT2D eigenvalue weighted by molar-refractivity contribution is 0.0954. The standard InChI is InChI=1S/C15H17N3OS/c1-20-15(6-7-15)9-17-14(19)11-8-13(16)18-12-5-3-2-4-10(11)12/h2-5,8H,6-7,9H2,1H3,(H2,16,18)(H,17,19). The number of hydrogen-bond acceptors (Lipinski definition) is 4. The lowest BCUT2D eigenvalue weighted by atomic mass is 10.1. The fourth-order valence-corrected chi connectivity index (χ4v) is 3.04. The summed E-state index contributed by atoms with van der Waals surface area (Å²) >= 11 is 1.83. The van der Waals surface area contributed by atoms with Gasteiger partial charge in [-0.25, -0.2) is 4.98 Å². The topological polar surface area (TPSA) is 68.0 Å². The van der Waals surface area contributed by atoms with Crippen LogP contribution in [0.5, 0.6) is 0 Å². The van der Waals surface area contributed by atoms with Gasteiger partial charge in [0.15, 0.2) is 0 Å². The summed E-state index contributed by atoms with van der Waals surface area (Å²) in [6, 6.07) is 9.21. The summed E-state index contributed by atoms with van der Waals surface area (Å²) in [4.78, 5) is 16.6. The van der Waals surface area contributed by atoms with Crippen LogP contribution >= 0.6 is 11.8 Å². The molecule has 1 saturated carbocycles. The summed E-state index contributed by atoms with van der Waals surface area (Å²) in [6.45, 7) is 0.712. The number of pyridine rings is 1. The van der Waals surface area contributed by atoms with Crippen LogP contribution in [0, 0.1) is 0 Å². The van der Waals surface area contributed by atoms with Crippen molar-refractivity contribution in [2.45, 2.75) is 17.6 Å². The van der Waals surface area contributed by atoms with Gasteiger partial charge in [0.05, 0.1) is 11.1 Å². The second-order valence-corrected chi connectivity index (χ2v) is 6.46. The zero-order valence-corrected chi connectivity index (χ0v) is 12.2. The second kappa shape index (κ2) is 4.98. The minimum atomic E-state index is -0.0735. The molecule has 104 valence electrons. The van der Waals surface area contributed by atoms with Gasteiger partial charge in [0.1, 0.15) is 5.82 Å². The molecule has 3 rings (SSSR count). The number of para-hydroxylation sites is 1. The van der Waals surface area contributed by atoms with Crippen LogP contribution in [0.4, 0.5) is 5.82 Å². The van der Waals surface area contributed by atoms with Crippen LogP contribution in [0.25, 0.3) is 10.9 Å². The second-order valence-electron chi connectivity index (χ2n) is 5.18. The SMILES string of the molecule is CSC1(CNC(=O)c2cc(N)nc3ccccc23)CC1. The molecule has 0 unspecified atom stereocenters. The van der Waals surface area contributed by atoms with Gasteiger partial charge in [-0.1, -0.05) is 18.2 Å². The van der Waals surface area contributed by atoms with Gasteiger partial charge in [-0.05, 0) is 31.2 Å². The van der Waals surface area contributed by atoms with E-state index in [1.807, 2.05) is 36.0 Å². The number of amides is 1. The summed E-state index contributed by atoms with van der Waals surface area (Å²) < 4.78 is 0.254. The first-order chi connectivity index (χ1) is 9.63. The number of thioether (sulfide) groups is 1. The van der Waals surface area contributed by atoms with Crippen molar-refractivity contribution < 1.29 is 4.79 Å². The lowest BCUT2D eigenvalue weighted by Crippen LogP contribution is -2.31. The van der Waals surface area contributed by atoms with Crippen LogP contribution in [0.3, 0.4) is 0 Å². The summed E-state index contributed by atoms with van der Waals surface area (Å²) in [7, 11) is 0. The van der Waals surface area contributed by atoms with Crippen LogP contribution < -0.4 is 11.1 Å². The largest absolute Gasteiger partial charge is 0.384 e. The quantitative estimate of drug-likeness (QED) is 0.906. The Hall–Kier alpha value is -1.75. The monoisotopic (exact) mass is 287 g/mol. The van der Waals surface area contributed by atoms with Crippen molar-refractivity contribution in [2.75, 3.05) is 18.5 Å². The highest BCUT2D eigenvalue weighted by Gasteiger charge is 2.42. The lowest BCUT2D eigenvalue weighted by Gasteiger charge is -2.14. The van der Waals surface area contributed by atoms with Gasteiger partial charge in [-0.3, -0.25) is 4.79 Å². The first-order valence-corrected chi connectivity index (χ1v) is 7.85. The van der Waals surface area contributed by atoms with Gasteiger partial charge in [0.2, 0.25) is 0 Å². The molecule has 0 bridgehead atoms. The number of nitrogens with zero attached hydrogens (tertiary/aromatic N) is 1. The number of nitrogens with two attached hydrogens (primary N) is 1. The van der Waals surface area contributed by atoms with Crippen molar-refractivity contribution in [3.8, 4) is 0 Å². The number of fused-ring (bicyclic) bond motifs is 1. The van der Waals surface area contributed by atoms with Crippen LogP contribution in [-0.4, -0.2) is 28.4 Å². The molecule has 0 saturated heterocycles. The maximum atomic E-state index is 12.4. The molecule has 4 nitrogen and oxygen atoms in total. The molecular weight excluding hydrogens is 270 g/mol. The maximum Gasteiger partial charge on any atom is 0.252 e. The zero-order valence-electron chi connectivity index (χ0n) is 11.3. The smallest absolute Gasteiger partial charge is 0.252 e. The third-order valence-electron chi connectivity index (χ3n) is 3.79. The predicted molar refractivity (Wildman–Crippen MR) is 84.0 cm³/mol. The van der Waals surface area contributed by atoms with Crippen LogP contribution in [-0.2, 0) is 0 Å². The number of anilines is 1. The summed E-state index contributed by atoms with van der Waals surface area (Å²) in [5, 5.41) is 3.87. The number of carbonyl (C=O) groups excluding carboxylic acids is 1. The van der Waals surface area contributed by atoms with E-state index in [2.05, 4.69) is 16.6 Å². The van der Waals surface area contributed by atoms with E-state index in [1.54, 1.807) is 6.07 Å². The predicted octanol–water partition coefficient (Wildman–Crippen LogP) is 2.44. The Morgan fingerprint density at radius 2 is 2.20 bits per heavy atom. The molecule has 2 aromatic rings. The van der Waals surface area contributed by atoms with E-state index >= 15 is 0 Å². The average Bonchev–Trinajstić information content (AvgIpc) is 3.24. The molecule has 0 radical (unpaired) electrons. The summed E-state index contributed by atoms with van der Waals surface area (Å²) in [5.74, 6) is 0.301. The number of aromatic nitrogens is 1. The molecule has 0 aliphatic heterocycles. The summed E-state index contributed by atoms with van der Waals surface area (Å²) in [5.41, 5.74) is 7.14. The number of rotatable bonds is 4. The van der Waals surface area contributed by atoms with E-state index in [0.717, 1.165) is 10.9 Å². The van der Waals surface area contributed by atoms with Gasteiger partial charge in [-0.2, -0.15) is 11.8 Å². The van der Waals surface area contributed by atoms with Crippen LogP contribution in [0.1, 0.15) is 23.2 Å². The highest BCUT2D eigenvalue weighted by Crippen LogP contribution is 2.46. The minimum absolute atomic E-state index is 0.0735. The molecule has 1 aromatic carbocycles. The average molecular weight is 287 g/mol. The molecule has 1 aromatic heterocycles. The van der Waals surface area contributed by atoms with E-state index in [1.165, 1.54) is 12.8 Å². The number of hydrogen-bond donors (Lipinski definition) is 2. The van der Waals surface area contributed by atoms with E-state index in [9.17, 15) is 4.79 Å². The van der Waals surface area contributed by atoms with E-state index in [-0.39, 0.29) is 10.7 Å². The Morgan fingerprint density at radius 3 is 2.90 bits per heavy atom. The molecular formula is C15H17N3OS. The number of nitrogen functional groups attached to an aromatic ring is 1. The van der Waals surface area contributed by atoms with Gasteiger partial charge >= 0.3 is 0 Å². The van der Waals surface area contributed by atoms with Crippen molar-refractivity contribution in [3.63, 3.8) is 0 Å². The van der Waals surface area contributed by atoms with Gasteiger partial charge < -0.3 is 11.1 Å². The Bertz CT molecular complexity index is 667. The van der Waals surface area contributed by atoms with E-state index in [0.29, 0.717) is 17.9 Å². The molecule has 5 heteroatoms.